The van der Waals surface area contributed by atoms with E-state index in [0.717, 1.165) is 18.2 Å². The van der Waals surface area contributed by atoms with Crippen molar-refractivity contribution in [1.82, 2.24) is 0 Å². The predicted molar refractivity (Wildman–Crippen MR) is 67.5 cm³/mol. The van der Waals surface area contributed by atoms with Crippen molar-refractivity contribution in [3.05, 3.63) is 53.3 Å². The van der Waals surface area contributed by atoms with Gasteiger partial charge in [0.2, 0.25) is 6.41 Å². The van der Waals surface area contributed by atoms with Crippen molar-refractivity contribution >= 4 is 12.1 Å². The first-order valence-electron chi connectivity index (χ1n) is 5.97. The molecule has 23 heavy (non-hydrogen) atoms. The molecule has 1 amide bonds. The van der Waals surface area contributed by atoms with Crippen molar-refractivity contribution in [3.8, 4) is 11.5 Å². The molecule has 9 heteroatoms. The highest BCUT2D eigenvalue weighted by Gasteiger charge is 2.33. The Kier molecular flexibility index (Phi) is 4.48. The molecular formula is C14H7F6NO2. The number of para-hydroxylation sites is 1. The van der Waals surface area contributed by atoms with E-state index < -0.39 is 46.4 Å². The lowest BCUT2D eigenvalue weighted by Gasteiger charge is -2.14. The Labute approximate surface area is 125 Å². The number of rotatable bonds is 4. The van der Waals surface area contributed by atoms with Gasteiger partial charge in [-0.25, -0.2) is 13.2 Å². The number of nitrogens with one attached hydrogen (secondary N) is 1. The Morgan fingerprint density at radius 1 is 1.00 bits per heavy atom. The number of anilines is 1. The van der Waals surface area contributed by atoms with E-state index in [4.69, 9.17) is 4.74 Å². The van der Waals surface area contributed by atoms with Crippen LogP contribution < -0.4 is 10.1 Å². The van der Waals surface area contributed by atoms with Crippen LogP contribution in [0.3, 0.4) is 0 Å². The molecule has 0 atom stereocenters. The molecule has 0 spiro atoms. The summed E-state index contributed by atoms with van der Waals surface area (Å²) in [5.74, 6) is -5.84. The third-order valence-corrected chi connectivity index (χ3v) is 2.72. The minimum Gasteiger partial charge on any atom is -0.449 e. The molecule has 0 aliphatic rings. The number of benzene rings is 2. The van der Waals surface area contributed by atoms with Gasteiger partial charge >= 0.3 is 6.18 Å². The summed E-state index contributed by atoms with van der Waals surface area (Å²) in [4.78, 5) is 10.4. The molecule has 0 aliphatic carbocycles. The Bertz CT molecular complexity index is 722. The van der Waals surface area contributed by atoms with Crippen molar-refractivity contribution < 1.29 is 35.9 Å². The fourth-order valence-electron chi connectivity index (χ4n) is 1.72. The van der Waals surface area contributed by atoms with Crippen LogP contribution in [-0.4, -0.2) is 6.41 Å². The lowest BCUT2D eigenvalue weighted by Crippen LogP contribution is -2.07. The van der Waals surface area contributed by atoms with Gasteiger partial charge in [-0.2, -0.15) is 13.2 Å². The SMILES string of the molecule is O=CNc1c(F)cccc1Oc1c(F)cc(C(F)(F)F)cc1F. The molecule has 2 aromatic carbocycles. The Morgan fingerprint density at radius 2 is 1.61 bits per heavy atom. The van der Waals surface area contributed by atoms with Gasteiger partial charge in [0.1, 0.15) is 5.69 Å². The van der Waals surface area contributed by atoms with E-state index in [1.165, 1.54) is 0 Å². The summed E-state index contributed by atoms with van der Waals surface area (Å²) < 4.78 is 83.1. The largest absolute Gasteiger partial charge is 0.449 e. The highest BCUT2D eigenvalue weighted by molar-refractivity contribution is 5.76. The van der Waals surface area contributed by atoms with E-state index in [0.29, 0.717) is 0 Å². The average molecular weight is 335 g/mol. The monoisotopic (exact) mass is 335 g/mol. The molecule has 0 bridgehead atoms. The Balaban J connectivity index is 2.46. The molecule has 0 radical (unpaired) electrons. The molecule has 3 nitrogen and oxygen atoms in total. The van der Waals surface area contributed by atoms with E-state index in [9.17, 15) is 31.1 Å². The van der Waals surface area contributed by atoms with Crippen molar-refractivity contribution in [2.45, 2.75) is 6.18 Å². The second-order valence-electron chi connectivity index (χ2n) is 4.24. The van der Waals surface area contributed by atoms with Crippen LogP contribution in [0.5, 0.6) is 11.5 Å². The van der Waals surface area contributed by atoms with Gasteiger partial charge in [0, 0.05) is 0 Å². The third kappa shape index (κ3) is 3.55. The second-order valence-corrected chi connectivity index (χ2v) is 4.24. The highest BCUT2D eigenvalue weighted by Crippen LogP contribution is 2.37. The van der Waals surface area contributed by atoms with Crippen molar-refractivity contribution in [2.24, 2.45) is 0 Å². The summed E-state index contributed by atoms with van der Waals surface area (Å²) in [5.41, 5.74) is -2.05. The lowest BCUT2D eigenvalue weighted by atomic mass is 10.2. The zero-order valence-electron chi connectivity index (χ0n) is 11.0. The summed E-state index contributed by atoms with van der Waals surface area (Å²) in [6.07, 6.45) is -4.84. The van der Waals surface area contributed by atoms with Gasteiger partial charge in [0.25, 0.3) is 0 Å². The molecular weight excluding hydrogens is 328 g/mol. The van der Waals surface area contributed by atoms with E-state index in [-0.39, 0.29) is 18.5 Å². The standard InChI is InChI=1S/C14H7F6NO2/c15-8-2-1-3-11(12(8)21-6-22)23-13-9(16)4-7(5-10(13)17)14(18,19)20/h1-6H,(H,21,22). The van der Waals surface area contributed by atoms with Crippen LogP contribution >= 0.6 is 0 Å². The summed E-state index contributed by atoms with van der Waals surface area (Å²) in [6.45, 7) is 0. The van der Waals surface area contributed by atoms with Crippen LogP contribution in [0, 0.1) is 17.5 Å². The summed E-state index contributed by atoms with van der Waals surface area (Å²) in [5, 5.41) is 1.93. The molecule has 1 N–H and O–H groups in total. The van der Waals surface area contributed by atoms with Crippen LogP contribution in [0.25, 0.3) is 0 Å². The molecule has 122 valence electrons. The van der Waals surface area contributed by atoms with E-state index in [1.807, 2.05) is 5.32 Å². The summed E-state index contributed by atoms with van der Waals surface area (Å²) in [6, 6.07) is 3.24. The highest BCUT2D eigenvalue weighted by atomic mass is 19.4. The molecule has 2 rings (SSSR count). The van der Waals surface area contributed by atoms with E-state index in [1.54, 1.807) is 0 Å². The van der Waals surface area contributed by atoms with Gasteiger partial charge in [-0.3, -0.25) is 4.79 Å². The quantitative estimate of drug-likeness (QED) is 0.661. The fraction of sp³-hybridized carbons (Fsp3) is 0.0714. The number of halogens is 6. The maximum Gasteiger partial charge on any atom is 0.416 e. The number of amides is 1. The van der Waals surface area contributed by atoms with Gasteiger partial charge in [-0.1, -0.05) is 6.07 Å². The topological polar surface area (TPSA) is 38.3 Å². The molecule has 0 saturated carbocycles. The molecule has 0 aliphatic heterocycles. The van der Waals surface area contributed by atoms with E-state index in [2.05, 4.69) is 0 Å². The smallest absolute Gasteiger partial charge is 0.416 e. The van der Waals surface area contributed by atoms with Crippen LogP contribution in [-0.2, 0) is 11.0 Å². The van der Waals surface area contributed by atoms with Crippen LogP contribution in [0.2, 0.25) is 0 Å². The van der Waals surface area contributed by atoms with Crippen LogP contribution in [0.15, 0.2) is 30.3 Å². The van der Waals surface area contributed by atoms with Gasteiger partial charge in [0.05, 0.1) is 5.56 Å². The molecule has 2 aromatic rings. The van der Waals surface area contributed by atoms with Gasteiger partial charge < -0.3 is 10.1 Å². The van der Waals surface area contributed by atoms with Gasteiger partial charge in [-0.05, 0) is 24.3 Å². The zero-order valence-corrected chi connectivity index (χ0v) is 11.0. The number of hydrogen-bond donors (Lipinski definition) is 1. The number of alkyl halides is 3. The minimum absolute atomic E-state index is 0.0462. The third-order valence-electron chi connectivity index (χ3n) is 2.72. The number of hydrogen-bond acceptors (Lipinski definition) is 2. The summed E-state index contributed by atoms with van der Waals surface area (Å²) >= 11 is 0. The lowest BCUT2D eigenvalue weighted by molar-refractivity contribution is -0.138. The Hall–Kier alpha value is -2.71. The molecule has 0 fully saturated rings. The second kappa shape index (κ2) is 6.19. The normalized spacial score (nSPS) is 11.2. The first-order valence-corrected chi connectivity index (χ1v) is 5.97. The molecule has 0 aromatic heterocycles. The molecule has 0 heterocycles. The average Bonchev–Trinajstić information content (AvgIpc) is 2.45. The van der Waals surface area contributed by atoms with Crippen molar-refractivity contribution in [1.29, 1.82) is 0 Å². The van der Waals surface area contributed by atoms with Gasteiger partial charge in [-0.15, -0.1) is 0 Å². The van der Waals surface area contributed by atoms with Crippen molar-refractivity contribution in [2.75, 3.05) is 5.32 Å². The predicted octanol–water partition coefficient (Wildman–Crippen LogP) is 4.48. The van der Waals surface area contributed by atoms with Crippen molar-refractivity contribution in [3.63, 3.8) is 0 Å². The van der Waals surface area contributed by atoms with Crippen LogP contribution in [0.4, 0.5) is 32.0 Å². The number of carbonyl (C=O) groups is 1. The minimum atomic E-state index is -4.94. The maximum absolute atomic E-state index is 13.7. The van der Waals surface area contributed by atoms with E-state index >= 15 is 0 Å². The molecule has 0 unspecified atom stereocenters. The number of carbonyl (C=O) groups excluding carboxylic acids is 1. The maximum atomic E-state index is 13.7. The molecule has 0 saturated heterocycles. The van der Waals surface area contributed by atoms with Crippen LogP contribution in [0.1, 0.15) is 5.56 Å². The zero-order chi connectivity index (χ0) is 17.2. The summed E-state index contributed by atoms with van der Waals surface area (Å²) in [7, 11) is 0. The van der Waals surface area contributed by atoms with Gasteiger partial charge in [0.15, 0.2) is 29.0 Å². The first kappa shape index (κ1) is 16.7. The Morgan fingerprint density at radius 3 is 2.13 bits per heavy atom. The number of ether oxygens (including phenoxy) is 1. The fourth-order valence-corrected chi connectivity index (χ4v) is 1.72. The first-order chi connectivity index (χ1) is 10.7.